The lowest BCUT2D eigenvalue weighted by Crippen LogP contribution is -2.37. The first-order valence-electron chi connectivity index (χ1n) is 10.8. The number of ether oxygens (including phenoxy) is 3. The Morgan fingerprint density at radius 1 is 0.971 bits per heavy atom. The Kier molecular flexibility index (Phi) is 7.78. The van der Waals surface area contributed by atoms with Gasteiger partial charge in [0.15, 0.2) is 0 Å². The van der Waals surface area contributed by atoms with Crippen LogP contribution < -0.4 is 20.1 Å². The van der Waals surface area contributed by atoms with Crippen molar-refractivity contribution in [3.05, 3.63) is 60.3 Å². The molecule has 9 heteroatoms. The summed E-state index contributed by atoms with van der Waals surface area (Å²) in [7, 11) is 3.13. The van der Waals surface area contributed by atoms with Crippen molar-refractivity contribution in [1.29, 1.82) is 0 Å². The number of rotatable bonds is 8. The van der Waals surface area contributed by atoms with E-state index in [4.69, 9.17) is 14.2 Å². The summed E-state index contributed by atoms with van der Waals surface area (Å²) >= 11 is 0. The van der Waals surface area contributed by atoms with Crippen LogP contribution in [0.3, 0.4) is 0 Å². The monoisotopic (exact) mass is 466 g/mol. The number of carbonyl (C=O) groups is 2. The molecule has 0 saturated carbocycles. The summed E-state index contributed by atoms with van der Waals surface area (Å²) in [4.78, 5) is 24.9. The lowest BCUT2D eigenvalue weighted by molar-refractivity contribution is 0.0526. The van der Waals surface area contributed by atoms with Crippen LogP contribution in [-0.4, -0.2) is 54.7 Å². The van der Waals surface area contributed by atoms with Crippen LogP contribution in [0.25, 0.3) is 16.9 Å². The Morgan fingerprint density at radius 3 is 2.32 bits per heavy atom. The zero-order valence-electron chi connectivity index (χ0n) is 20.0. The van der Waals surface area contributed by atoms with Crippen molar-refractivity contribution in [2.24, 2.45) is 0 Å². The predicted octanol–water partition coefficient (Wildman–Crippen LogP) is 3.81. The van der Waals surface area contributed by atoms with E-state index < -0.39 is 11.7 Å². The average Bonchev–Trinajstić information content (AvgIpc) is 3.26. The highest BCUT2D eigenvalue weighted by Crippen LogP contribution is 2.35. The standard InChI is InChI=1S/C25H30N4O5/c1-25(2,3)34-24(31)27-14-13-26-23(30)20-16-29(17-9-7-6-8-10-17)28-22(20)19-15-18(32-4)11-12-21(19)33-5/h6-12,15-16H,13-14H2,1-5H3,(H,26,30)(H,27,31). The molecule has 9 nitrogen and oxygen atoms in total. The Hall–Kier alpha value is -4.01. The van der Waals surface area contributed by atoms with E-state index in [0.29, 0.717) is 28.3 Å². The molecule has 0 radical (unpaired) electrons. The minimum Gasteiger partial charge on any atom is -0.497 e. The van der Waals surface area contributed by atoms with Crippen LogP contribution in [0.15, 0.2) is 54.7 Å². The van der Waals surface area contributed by atoms with E-state index in [1.165, 1.54) is 0 Å². The highest BCUT2D eigenvalue weighted by atomic mass is 16.6. The molecule has 0 spiro atoms. The summed E-state index contributed by atoms with van der Waals surface area (Å²) in [5.74, 6) is 0.825. The molecule has 180 valence electrons. The third kappa shape index (κ3) is 6.28. The van der Waals surface area contributed by atoms with Gasteiger partial charge in [0.1, 0.15) is 22.8 Å². The maximum atomic E-state index is 13.1. The normalized spacial score (nSPS) is 11.0. The number of amides is 2. The van der Waals surface area contributed by atoms with Gasteiger partial charge in [0.2, 0.25) is 0 Å². The average molecular weight is 467 g/mol. The first-order valence-corrected chi connectivity index (χ1v) is 10.8. The van der Waals surface area contributed by atoms with Gasteiger partial charge < -0.3 is 24.8 Å². The number of aromatic nitrogens is 2. The maximum absolute atomic E-state index is 13.1. The minimum atomic E-state index is -0.593. The highest BCUT2D eigenvalue weighted by Gasteiger charge is 2.22. The molecule has 3 aromatic rings. The Balaban J connectivity index is 1.85. The van der Waals surface area contributed by atoms with E-state index in [2.05, 4.69) is 15.7 Å². The molecule has 2 N–H and O–H groups in total. The Bertz CT molecular complexity index is 1140. The SMILES string of the molecule is COc1ccc(OC)c(-c2nn(-c3ccccc3)cc2C(=O)NCCNC(=O)OC(C)(C)C)c1. The van der Waals surface area contributed by atoms with Crippen molar-refractivity contribution in [3.63, 3.8) is 0 Å². The van der Waals surface area contributed by atoms with E-state index in [1.807, 2.05) is 30.3 Å². The molecule has 0 aliphatic rings. The van der Waals surface area contributed by atoms with Crippen LogP contribution >= 0.6 is 0 Å². The fourth-order valence-corrected chi connectivity index (χ4v) is 3.20. The number of para-hydroxylation sites is 1. The molecule has 0 fully saturated rings. The fourth-order valence-electron chi connectivity index (χ4n) is 3.20. The summed E-state index contributed by atoms with van der Waals surface area (Å²) in [6, 6.07) is 14.8. The van der Waals surface area contributed by atoms with Gasteiger partial charge in [-0.15, -0.1) is 0 Å². The molecule has 2 aromatic carbocycles. The van der Waals surface area contributed by atoms with Crippen LogP contribution in [0.2, 0.25) is 0 Å². The fraction of sp³-hybridized carbons (Fsp3) is 0.320. The zero-order valence-corrected chi connectivity index (χ0v) is 20.0. The number of benzene rings is 2. The third-order valence-corrected chi connectivity index (χ3v) is 4.72. The highest BCUT2D eigenvalue weighted by molar-refractivity contribution is 6.00. The molecule has 1 aromatic heterocycles. The lowest BCUT2D eigenvalue weighted by atomic mass is 10.1. The zero-order chi connectivity index (χ0) is 24.7. The smallest absolute Gasteiger partial charge is 0.407 e. The molecule has 0 aliphatic carbocycles. The van der Waals surface area contributed by atoms with Crippen LogP contribution in [0, 0.1) is 0 Å². The van der Waals surface area contributed by atoms with Crippen molar-refractivity contribution >= 4 is 12.0 Å². The first kappa shape index (κ1) is 24.6. The van der Waals surface area contributed by atoms with Gasteiger partial charge >= 0.3 is 6.09 Å². The number of nitrogens with zero attached hydrogens (tertiary/aromatic N) is 2. The Labute approximate surface area is 199 Å². The molecular weight excluding hydrogens is 436 g/mol. The van der Waals surface area contributed by atoms with E-state index >= 15 is 0 Å². The quantitative estimate of drug-likeness (QED) is 0.490. The van der Waals surface area contributed by atoms with Crippen LogP contribution in [0.5, 0.6) is 11.5 Å². The van der Waals surface area contributed by atoms with E-state index in [-0.39, 0.29) is 19.0 Å². The second-order valence-corrected chi connectivity index (χ2v) is 8.42. The number of alkyl carbamates (subject to hydrolysis) is 1. The van der Waals surface area contributed by atoms with Gasteiger partial charge in [0, 0.05) is 24.8 Å². The number of carbonyl (C=O) groups excluding carboxylic acids is 2. The number of nitrogens with one attached hydrogen (secondary N) is 2. The number of hydrogen-bond acceptors (Lipinski definition) is 6. The summed E-state index contributed by atoms with van der Waals surface area (Å²) in [5.41, 5.74) is 1.62. The van der Waals surface area contributed by atoms with Gasteiger partial charge in [-0.05, 0) is 51.1 Å². The molecular formula is C25H30N4O5. The molecule has 0 atom stereocenters. The van der Waals surface area contributed by atoms with Crippen LogP contribution in [0.4, 0.5) is 4.79 Å². The van der Waals surface area contributed by atoms with Crippen LogP contribution in [0.1, 0.15) is 31.1 Å². The van der Waals surface area contributed by atoms with Gasteiger partial charge in [-0.3, -0.25) is 4.79 Å². The second kappa shape index (κ2) is 10.7. The molecule has 2 amide bonds. The van der Waals surface area contributed by atoms with Gasteiger partial charge in [-0.2, -0.15) is 5.10 Å². The summed E-state index contributed by atoms with van der Waals surface area (Å²) in [6.07, 6.45) is 1.13. The summed E-state index contributed by atoms with van der Waals surface area (Å²) < 4.78 is 17.7. The van der Waals surface area contributed by atoms with Crippen LogP contribution in [-0.2, 0) is 4.74 Å². The van der Waals surface area contributed by atoms with Crippen molar-refractivity contribution in [2.75, 3.05) is 27.3 Å². The van der Waals surface area contributed by atoms with Crippen molar-refractivity contribution in [3.8, 4) is 28.4 Å². The molecule has 1 heterocycles. The molecule has 3 rings (SSSR count). The van der Waals surface area contributed by atoms with Crippen molar-refractivity contribution in [2.45, 2.75) is 26.4 Å². The molecule has 0 unspecified atom stereocenters. The van der Waals surface area contributed by atoms with Gasteiger partial charge in [0.05, 0.1) is 25.5 Å². The topological polar surface area (TPSA) is 104 Å². The molecule has 0 aliphatic heterocycles. The van der Waals surface area contributed by atoms with Gasteiger partial charge in [-0.1, -0.05) is 18.2 Å². The lowest BCUT2D eigenvalue weighted by Gasteiger charge is -2.19. The number of methoxy groups -OCH3 is 2. The first-order chi connectivity index (χ1) is 16.2. The maximum Gasteiger partial charge on any atom is 0.407 e. The van der Waals surface area contributed by atoms with Gasteiger partial charge in [0.25, 0.3) is 5.91 Å². The third-order valence-electron chi connectivity index (χ3n) is 4.72. The van der Waals surface area contributed by atoms with E-state index in [9.17, 15) is 9.59 Å². The predicted molar refractivity (Wildman–Crippen MR) is 129 cm³/mol. The molecule has 0 bridgehead atoms. The van der Waals surface area contributed by atoms with E-state index in [0.717, 1.165) is 5.69 Å². The van der Waals surface area contributed by atoms with Gasteiger partial charge in [-0.25, -0.2) is 9.48 Å². The van der Waals surface area contributed by atoms with Crippen molar-refractivity contribution in [1.82, 2.24) is 20.4 Å². The van der Waals surface area contributed by atoms with Crippen molar-refractivity contribution < 1.29 is 23.8 Å². The number of hydrogen-bond donors (Lipinski definition) is 2. The summed E-state index contributed by atoms with van der Waals surface area (Å²) in [6.45, 7) is 5.78. The molecule has 34 heavy (non-hydrogen) atoms. The molecule has 0 saturated heterocycles. The van der Waals surface area contributed by atoms with E-state index in [1.54, 1.807) is 64.1 Å². The Morgan fingerprint density at radius 2 is 1.68 bits per heavy atom. The second-order valence-electron chi connectivity index (χ2n) is 8.42. The summed E-state index contributed by atoms with van der Waals surface area (Å²) in [5, 5.41) is 10.1. The largest absolute Gasteiger partial charge is 0.497 e. The minimum absolute atomic E-state index is 0.212.